The Morgan fingerprint density at radius 3 is 3.00 bits per heavy atom. The molecule has 1 fully saturated rings. The minimum atomic E-state index is 0. The van der Waals surface area contributed by atoms with Gasteiger partial charge in [0.15, 0.2) is 5.96 Å². The second kappa shape index (κ2) is 13.5. The lowest BCUT2D eigenvalue weighted by Crippen LogP contribution is -2.42. The topological polar surface area (TPSA) is 49.3 Å². The Balaban J connectivity index is 0.00000288. The van der Waals surface area contributed by atoms with Crippen LogP contribution in [0.25, 0.3) is 0 Å². The molecule has 1 aromatic rings. The maximum absolute atomic E-state index is 4.72. The van der Waals surface area contributed by atoms with Gasteiger partial charge in [-0.15, -0.1) is 35.3 Å². The van der Waals surface area contributed by atoms with Crippen LogP contribution in [0.3, 0.4) is 0 Å². The van der Waals surface area contributed by atoms with Crippen molar-refractivity contribution in [2.24, 2.45) is 4.99 Å². The van der Waals surface area contributed by atoms with E-state index in [1.165, 1.54) is 25.0 Å². The SMILES string of the molecule is CCNC(=NCCCSc1nccs1)NC1CCC(SCC)C1.I. The molecule has 2 N–H and O–H groups in total. The van der Waals surface area contributed by atoms with Gasteiger partial charge in [0, 0.05) is 41.7 Å². The molecule has 2 rings (SSSR count). The molecule has 0 spiro atoms. The van der Waals surface area contributed by atoms with Crippen molar-refractivity contribution in [1.82, 2.24) is 15.6 Å². The highest BCUT2D eigenvalue weighted by atomic mass is 127. The smallest absolute Gasteiger partial charge is 0.191 e. The molecule has 4 nitrogen and oxygen atoms in total. The standard InChI is InChI=1S/C16H28N4S3.HI/c1-3-17-15(20-13-6-7-14(12-13)21-4-2)18-8-5-10-22-16-19-9-11-23-16;/h9,11,13-14H,3-8,10,12H2,1-2H3,(H2,17,18,20);1H. The maximum Gasteiger partial charge on any atom is 0.191 e. The van der Waals surface area contributed by atoms with Crippen molar-refractivity contribution in [3.05, 3.63) is 11.6 Å². The van der Waals surface area contributed by atoms with Crippen LogP contribution in [0.4, 0.5) is 0 Å². The molecule has 8 heteroatoms. The van der Waals surface area contributed by atoms with Crippen LogP contribution in [0.1, 0.15) is 39.5 Å². The van der Waals surface area contributed by atoms with Gasteiger partial charge < -0.3 is 10.6 Å². The number of aromatic nitrogens is 1. The van der Waals surface area contributed by atoms with Gasteiger partial charge >= 0.3 is 0 Å². The molecular formula is C16H29IN4S3. The molecule has 0 radical (unpaired) electrons. The zero-order chi connectivity index (χ0) is 16.3. The van der Waals surface area contributed by atoms with Crippen LogP contribution in [-0.2, 0) is 0 Å². The van der Waals surface area contributed by atoms with Crippen molar-refractivity contribution in [1.29, 1.82) is 0 Å². The monoisotopic (exact) mass is 500 g/mol. The number of rotatable bonds is 9. The summed E-state index contributed by atoms with van der Waals surface area (Å²) in [5.41, 5.74) is 0. The predicted molar refractivity (Wildman–Crippen MR) is 122 cm³/mol. The second-order valence-corrected chi connectivity index (χ2v) is 9.31. The molecule has 2 unspecified atom stereocenters. The van der Waals surface area contributed by atoms with Crippen LogP contribution >= 0.6 is 58.8 Å². The predicted octanol–water partition coefficient (Wildman–Crippen LogP) is 4.47. The molecule has 138 valence electrons. The van der Waals surface area contributed by atoms with E-state index in [4.69, 9.17) is 4.99 Å². The average Bonchev–Trinajstić information content (AvgIpc) is 3.19. The Morgan fingerprint density at radius 1 is 1.42 bits per heavy atom. The number of hydrogen-bond donors (Lipinski definition) is 2. The lowest BCUT2D eigenvalue weighted by Gasteiger charge is -2.17. The Bertz CT molecular complexity index is 456. The van der Waals surface area contributed by atoms with Crippen molar-refractivity contribution >= 4 is 64.8 Å². The molecule has 1 heterocycles. The van der Waals surface area contributed by atoms with Crippen molar-refractivity contribution in [3.63, 3.8) is 0 Å². The van der Waals surface area contributed by atoms with E-state index in [1.807, 2.05) is 23.3 Å². The Kier molecular flexibility index (Phi) is 12.6. The van der Waals surface area contributed by atoms with Gasteiger partial charge in [0.05, 0.1) is 0 Å². The number of guanidine groups is 1. The summed E-state index contributed by atoms with van der Waals surface area (Å²) in [5, 5.41) is 9.85. The summed E-state index contributed by atoms with van der Waals surface area (Å²) in [6.45, 7) is 6.16. The first-order chi connectivity index (χ1) is 11.3. The number of nitrogens with one attached hydrogen (secondary N) is 2. The first kappa shape index (κ1) is 22.4. The molecule has 1 aromatic heterocycles. The normalized spacial score (nSPS) is 20.7. The van der Waals surface area contributed by atoms with Crippen LogP contribution in [0, 0.1) is 0 Å². The molecule has 24 heavy (non-hydrogen) atoms. The summed E-state index contributed by atoms with van der Waals surface area (Å²) in [6.07, 6.45) is 6.81. The number of nitrogens with zero attached hydrogens (tertiary/aromatic N) is 2. The Hall–Kier alpha value is 0.330. The number of aliphatic imine (C=N–C) groups is 1. The molecule has 0 aromatic carbocycles. The zero-order valence-corrected chi connectivity index (χ0v) is 19.3. The van der Waals surface area contributed by atoms with Crippen LogP contribution in [0.2, 0.25) is 0 Å². The summed E-state index contributed by atoms with van der Waals surface area (Å²) in [5.74, 6) is 3.29. The fraction of sp³-hybridized carbons (Fsp3) is 0.750. The third kappa shape index (κ3) is 8.62. The van der Waals surface area contributed by atoms with Gasteiger partial charge in [-0.25, -0.2) is 4.98 Å². The molecule has 2 atom stereocenters. The summed E-state index contributed by atoms with van der Waals surface area (Å²) >= 11 is 5.63. The number of halogens is 1. The van der Waals surface area contributed by atoms with Gasteiger partial charge in [0.25, 0.3) is 0 Å². The zero-order valence-electron chi connectivity index (χ0n) is 14.5. The van der Waals surface area contributed by atoms with E-state index < -0.39 is 0 Å². The van der Waals surface area contributed by atoms with E-state index >= 15 is 0 Å². The average molecular weight is 501 g/mol. The van der Waals surface area contributed by atoms with E-state index in [-0.39, 0.29) is 24.0 Å². The molecule has 1 saturated carbocycles. The lowest BCUT2D eigenvalue weighted by atomic mass is 10.2. The largest absolute Gasteiger partial charge is 0.357 e. The fourth-order valence-electron chi connectivity index (χ4n) is 2.67. The van der Waals surface area contributed by atoms with E-state index in [9.17, 15) is 0 Å². The minimum absolute atomic E-state index is 0. The number of thiazole rings is 1. The van der Waals surface area contributed by atoms with Crippen LogP contribution < -0.4 is 10.6 Å². The molecule has 1 aliphatic rings. The number of thioether (sulfide) groups is 2. The quantitative estimate of drug-likeness (QED) is 0.172. The van der Waals surface area contributed by atoms with Gasteiger partial charge in [-0.2, -0.15) is 11.8 Å². The van der Waals surface area contributed by atoms with E-state index in [2.05, 4.69) is 41.2 Å². The molecule has 0 bridgehead atoms. The molecular weight excluding hydrogens is 471 g/mol. The van der Waals surface area contributed by atoms with Crippen molar-refractivity contribution < 1.29 is 0 Å². The summed E-state index contributed by atoms with van der Waals surface area (Å²) in [7, 11) is 0. The van der Waals surface area contributed by atoms with Gasteiger partial charge in [0.1, 0.15) is 4.34 Å². The van der Waals surface area contributed by atoms with E-state index in [0.717, 1.165) is 40.8 Å². The van der Waals surface area contributed by atoms with E-state index in [0.29, 0.717) is 6.04 Å². The highest BCUT2D eigenvalue weighted by Gasteiger charge is 2.24. The number of hydrogen-bond acceptors (Lipinski definition) is 5. The van der Waals surface area contributed by atoms with Crippen LogP contribution in [0.5, 0.6) is 0 Å². The third-order valence-corrected chi connectivity index (χ3v) is 6.96. The highest BCUT2D eigenvalue weighted by Crippen LogP contribution is 2.29. The fourth-order valence-corrected chi connectivity index (χ4v) is 5.44. The van der Waals surface area contributed by atoms with Crippen molar-refractivity contribution in [2.75, 3.05) is 24.6 Å². The first-order valence-corrected chi connectivity index (χ1v) is 11.4. The summed E-state index contributed by atoms with van der Waals surface area (Å²) in [4.78, 5) is 9.01. The first-order valence-electron chi connectivity index (χ1n) is 8.50. The maximum atomic E-state index is 4.72. The highest BCUT2D eigenvalue weighted by molar-refractivity contribution is 14.0. The molecule has 0 amide bonds. The van der Waals surface area contributed by atoms with Crippen LogP contribution in [-0.4, -0.2) is 46.8 Å². The molecule has 1 aliphatic carbocycles. The van der Waals surface area contributed by atoms with Crippen LogP contribution in [0.15, 0.2) is 20.9 Å². The summed E-state index contributed by atoms with van der Waals surface area (Å²) in [6, 6.07) is 0.585. The van der Waals surface area contributed by atoms with Crippen molar-refractivity contribution in [3.8, 4) is 0 Å². The summed E-state index contributed by atoms with van der Waals surface area (Å²) < 4.78 is 1.16. The van der Waals surface area contributed by atoms with E-state index in [1.54, 1.807) is 11.3 Å². The van der Waals surface area contributed by atoms with Gasteiger partial charge in [-0.3, -0.25) is 4.99 Å². The van der Waals surface area contributed by atoms with Gasteiger partial charge in [-0.1, -0.05) is 18.7 Å². The van der Waals surface area contributed by atoms with Crippen molar-refractivity contribution in [2.45, 2.75) is 55.2 Å². The minimum Gasteiger partial charge on any atom is -0.357 e. The third-order valence-electron chi connectivity index (χ3n) is 3.68. The second-order valence-electron chi connectivity index (χ2n) is 5.49. The molecule has 0 aliphatic heterocycles. The van der Waals surface area contributed by atoms with Gasteiger partial charge in [-0.05, 0) is 38.4 Å². The Morgan fingerprint density at radius 2 is 2.29 bits per heavy atom. The Labute approximate surface area is 175 Å². The lowest BCUT2D eigenvalue weighted by molar-refractivity contribution is 0.615. The van der Waals surface area contributed by atoms with Gasteiger partial charge in [0.2, 0.25) is 0 Å². The molecule has 0 saturated heterocycles.